The molecule has 0 atom stereocenters. The summed E-state index contributed by atoms with van der Waals surface area (Å²) in [6, 6.07) is 13.1. The summed E-state index contributed by atoms with van der Waals surface area (Å²) in [5, 5.41) is 21.2. The number of phenolic OH excluding ortho intramolecular Hbond substituents is 1. The predicted octanol–water partition coefficient (Wildman–Crippen LogP) is 12.1. The third-order valence-corrected chi connectivity index (χ3v) is 9.32. The normalized spacial score (nSPS) is 12.4. The minimum absolute atomic E-state index is 0.00978. The molecule has 0 spiro atoms. The van der Waals surface area contributed by atoms with Crippen molar-refractivity contribution in [2.24, 2.45) is 0 Å². The van der Waals surface area contributed by atoms with Gasteiger partial charge in [-0.1, -0.05) is 65.2 Å². The predicted molar refractivity (Wildman–Crippen MR) is 196 cm³/mol. The van der Waals surface area contributed by atoms with Crippen LogP contribution in [0, 0.1) is 6.92 Å². The number of rotatable bonds is 6. The van der Waals surface area contributed by atoms with Crippen LogP contribution in [0.15, 0.2) is 73.0 Å². The van der Waals surface area contributed by atoms with E-state index >= 15 is 0 Å². The molecule has 4 N–H and O–H groups in total. The van der Waals surface area contributed by atoms with Crippen molar-refractivity contribution in [3.05, 3.63) is 105 Å². The van der Waals surface area contributed by atoms with Gasteiger partial charge in [-0.05, 0) is 99.3 Å². The Balaban J connectivity index is 1.84. The number of halogens is 3. The third-order valence-electron chi connectivity index (χ3n) is 8.42. The monoisotopic (exact) mass is 652 g/mol. The van der Waals surface area contributed by atoms with Crippen molar-refractivity contribution in [1.82, 2.24) is 0 Å². The number of nitrogens with two attached hydrogens (primary N) is 1. The number of Topliss-reactive ketones (excluding diaryl/α,β-unsaturated/α-hetero) is 1. The molecule has 6 aromatic rings. The van der Waals surface area contributed by atoms with Crippen LogP contribution in [-0.4, -0.2) is 10.9 Å². The van der Waals surface area contributed by atoms with E-state index in [9.17, 15) is 9.90 Å². The first-order valence-corrected chi connectivity index (χ1v) is 15.6. The Bertz CT molecular complexity index is 2260. The SMILES string of the molecule is C=C(C)c1cc(O)c2c3c(Cl)cc(N)c4c(-c5cc(N/C(C)=C/C=C\C)ccc5C)cc(Cl)c(c5c(Cl)cc(C(C)=O)c1c25)c43. The summed E-state index contributed by atoms with van der Waals surface area (Å²) < 4.78 is 0. The Hall–Kier alpha value is -4.22. The molecule has 6 aromatic carbocycles. The summed E-state index contributed by atoms with van der Waals surface area (Å²) in [4.78, 5) is 13.0. The van der Waals surface area contributed by atoms with Gasteiger partial charge in [-0.25, -0.2) is 0 Å². The van der Waals surface area contributed by atoms with Gasteiger partial charge < -0.3 is 16.2 Å². The minimum atomic E-state index is -0.164. The van der Waals surface area contributed by atoms with E-state index in [2.05, 4.69) is 18.0 Å². The first-order valence-electron chi connectivity index (χ1n) is 14.5. The van der Waals surface area contributed by atoms with E-state index in [0.717, 1.165) is 33.5 Å². The van der Waals surface area contributed by atoms with Gasteiger partial charge in [0, 0.05) is 75.8 Å². The van der Waals surface area contributed by atoms with E-state index in [4.69, 9.17) is 40.5 Å². The van der Waals surface area contributed by atoms with Gasteiger partial charge in [0.1, 0.15) is 5.75 Å². The Morgan fingerprint density at radius 1 is 0.800 bits per heavy atom. The van der Waals surface area contributed by atoms with Crippen LogP contribution in [0.25, 0.3) is 59.8 Å². The van der Waals surface area contributed by atoms with Crippen molar-refractivity contribution in [2.75, 3.05) is 11.1 Å². The van der Waals surface area contributed by atoms with E-state index < -0.39 is 0 Å². The molecule has 6 rings (SSSR count). The molecule has 0 unspecified atom stereocenters. The minimum Gasteiger partial charge on any atom is -0.507 e. The highest BCUT2D eigenvalue weighted by Gasteiger charge is 2.28. The zero-order valence-corrected chi connectivity index (χ0v) is 27.8. The lowest BCUT2D eigenvalue weighted by Crippen LogP contribution is -2.02. The van der Waals surface area contributed by atoms with Gasteiger partial charge in [0.05, 0.1) is 5.02 Å². The number of allylic oxidation sites excluding steroid dienone is 5. The number of hydrogen-bond acceptors (Lipinski definition) is 4. The van der Waals surface area contributed by atoms with Crippen LogP contribution in [0.4, 0.5) is 11.4 Å². The lowest BCUT2D eigenvalue weighted by molar-refractivity contribution is 0.101. The van der Waals surface area contributed by atoms with E-state index in [1.165, 1.54) is 6.92 Å². The topological polar surface area (TPSA) is 75.3 Å². The lowest BCUT2D eigenvalue weighted by Gasteiger charge is -2.24. The number of anilines is 2. The maximum Gasteiger partial charge on any atom is 0.160 e. The number of ketones is 1. The van der Waals surface area contributed by atoms with Crippen molar-refractivity contribution in [1.29, 1.82) is 0 Å². The van der Waals surface area contributed by atoms with E-state index in [0.29, 0.717) is 75.2 Å². The average Bonchev–Trinajstić information content (AvgIpc) is 2.97. The summed E-state index contributed by atoms with van der Waals surface area (Å²) >= 11 is 21.3. The molecule has 0 aliphatic rings. The Labute approximate surface area is 276 Å². The van der Waals surface area contributed by atoms with Crippen LogP contribution in [-0.2, 0) is 0 Å². The van der Waals surface area contributed by atoms with Gasteiger partial charge in [0.15, 0.2) is 5.78 Å². The second-order valence-corrected chi connectivity index (χ2v) is 12.8. The zero-order valence-electron chi connectivity index (χ0n) is 25.5. The number of fused-ring (bicyclic) bond motifs is 2. The number of aromatic hydroxyl groups is 1. The van der Waals surface area contributed by atoms with Crippen LogP contribution < -0.4 is 11.1 Å². The molecule has 0 aliphatic heterocycles. The van der Waals surface area contributed by atoms with Gasteiger partial charge in [-0.15, -0.1) is 0 Å². The summed E-state index contributed by atoms with van der Waals surface area (Å²) in [5.41, 5.74) is 13.7. The highest BCUT2D eigenvalue weighted by molar-refractivity contribution is 6.53. The molecular formula is C38H31Cl3N2O2. The molecule has 0 saturated carbocycles. The smallest absolute Gasteiger partial charge is 0.160 e. The summed E-state index contributed by atoms with van der Waals surface area (Å²) in [7, 11) is 0. The molecule has 226 valence electrons. The van der Waals surface area contributed by atoms with E-state index in [1.54, 1.807) is 18.2 Å². The Morgan fingerprint density at radius 3 is 2.07 bits per heavy atom. The van der Waals surface area contributed by atoms with Crippen molar-refractivity contribution in [3.63, 3.8) is 0 Å². The fraction of sp³-hybridized carbons (Fsp3) is 0.132. The quantitative estimate of drug-likeness (QED) is 0.0550. The summed E-state index contributed by atoms with van der Waals surface area (Å²) in [5.74, 6) is -0.174. The number of nitrogens with one attached hydrogen (secondary N) is 1. The van der Waals surface area contributed by atoms with Crippen molar-refractivity contribution >= 4 is 101 Å². The third kappa shape index (κ3) is 4.80. The molecule has 4 nitrogen and oxygen atoms in total. The van der Waals surface area contributed by atoms with Crippen LogP contribution in [0.5, 0.6) is 5.75 Å². The molecule has 0 aromatic heterocycles. The van der Waals surface area contributed by atoms with Crippen molar-refractivity contribution in [3.8, 4) is 16.9 Å². The molecule has 0 aliphatic carbocycles. The highest BCUT2D eigenvalue weighted by Crippen LogP contribution is 2.54. The fourth-order valence-electron chi connectivity index (χ4n) is 6.50. The van der Waals surface area contributed by atoms with Crippen LogP contribution in [0.1, 0.15) is 49.2 Å². The maximum absolute atomic E-state index is 13.0. The van der Waals surface area contributed by atoms with Crippen molar-refractivity contribution in [2.45, 2.75) is 34.6 Å². The van der Waals surface area contributed by atoms with Gasteiger partial charge in [-0.2, -0.15) is 0 Å². The molecule has 0 fully saturated rings. The molecule has 0 heterocycles. The summed E-state index contributed by atoms with van der Waals surface area (Å²) in [6.45, 7) is 13.5. The molecule has 0 bridgehead atoms. The molecule has 0 radical (unpaired) electrons. The van der Waals surface area contributed by atoms with Crippen molar-refractivity contribution < 1.29 is 9.90 Å². The first kappa shape index (κ1) is 30.8. The van der Waals surface area contributed by atoms with E-state index in [-0.39, 0.29) is 11.5 Å². The fourth-order valence-corrected chi connectivity index (χ4v) is 7.40. The molecular weight excluding hydrogens is 623 g/mol. The maximum atomic E-state index is 13.0. The van der Waals surface area contributed by atoms with Gasteiger partial charge >= 0.3 is 0 Å². The van der Waals surface area contributed by atoms with Gasteiger partial charge in [-0.3, -0.25) is 4.79 Å². The van der Waals surface area contributed by atoms with Gasteiger partial charge in [0.25, 0.3) is 0 Å². The number of carbonyl (C=O) groups excluding carboxylic acids is 1. The largest absolute Gasteiger partial charge is 0.507 e. The van der Waals surface area contributed by atoms with Crippen LogP contribution in [0.2, 0.25) is 15.1 Å². The number of aryl methyl sites for hydroxylation is 1. The Kier molecular flexibility index (Phi) is 7.73. The summed E-state index contributed by atoms with van der Waals surface area (Å²) in [6.07, 6.45) is 5.95. The number of phenols is 1. The first-order chi connectivity index (χ1) is 21.3. The highest BCUT2D eigenvalue weighted by atomic mass is 35.5. The second kappa shape index (κ2) is 11.3. The number of nitrogen functional groups attached to an aromatic ring is 1. The zero-order chi connectivity index (χ0) is 32.5. The van der Waals surface area contributed by atoms with E-state index in [1.807, 2.05) is 64.1 Å². The molecule has 0 amide bonds. The lowest BCUT2D eigenvalue weighted by atomic mass is 9.82. The van der Waals surface area contributed by atoms with Gasteiger partial charge in [0.2, 0.25) is 0 Å². The second-order valence-electron chi connectivity index (χ2n) is 11.6. The van der Waals surface area contributed by atoms with Crippen LogP contribution in [0.3, 0.4) is 0 Å². The number of hydrogen-bond donors (Lipinski definition) is 3. The molecule has 45 heavy (non-hydrogen) atoms. The van der Waals surface area contributed by atoms with Crippen LogP contribution >= 0.6 is 34.8 Å². The average molecular weight is 654 g/mol. The number of carbonyl (C=O) groups is 1. The Morgan fingerprint density at radius 2 is 1.42 bits per heavy atom. The molecule has 0 saturated heterocycles. The standard InChI is InChI=1S/C38H31Cl3N2O2/c1-7-8-9-19(5)43-21-11-10-18(4)23(12-21)25-14-27(40)34-33-26(39)13-24(20(6)44)31-22(17(2)3)15-30(45)36(37(31)33)35-28(41)16-29(42)32(25)38(34)35/h7-16,43,45H,2,42H2,1,3-6H3/b8-7-,19-9+. The molecule has 7 heteroatoms. The number of benzene rings is 6.